The molecular weight excluding hydrogens is 296 g/mol. The van der Waals surface area contributed by atoms with Gasteiger partial charge in [-0.3, -0.25) is 4.79 Å². The number of methoxy groups -OCH3 is 1. The van der Waals surface area contributed by atoms with E-state index in [1.54, 1.807) is 10.9 Å². The second-order valence-corrected chi connectivity index (χ2v) is 6.64. The first-order chi connectivity index (χ1) is 10.8. The number of carbonyl (C=O) groups excluding carboxylic acids is 2. The molecule has 0 aliphatic carbocycles. The van der Waals surface area contributed by atoms with Crippen LogP contribution in [0.25, 0.3) is 0 Å². The maximum absolute atomic E-state index is 12.1. The number of amides is 1. The summed E-state index contributed by atoms with van der Waals surface area (Å²) in [5.74, 6) is 0.478. The van der Waals surface area contributed by atoms with Crippen LogP contribution < -0.4 is 5.32 Å². The van der Waals surface area contributed by atoms with Gasteiger partial charge in [0.25, 0.3) is 0 Å². The van der Waals surface area contributed by atoms with Gasteiger partial charge in [0.15, 0.2) is 5.69 Å². The van der Waals surface area contributed by atoms with Crippen LogP contribution in [0.15, 0.2) is 6.20 Å². The largest absolute Gasteiger partial charge is 0.464 e. The molecule has 0 radical (unpaired) electrons. The SMILES string of the molecule is COC(=O)c1cn(CC(CC(C)C)NC(=O)CCC(C)C)nn1. The molecule has 23 heavy (non-hydrogen) atoms. The number of rotatable bonds is 9. The van der Waals surface area contributed by atoms with Crippen molar-refractivity contribution in [3.05, 3.63) is 11.9 Å². The van der Waals surface area contributed by atoms with Gasteiger partial charge in [0.05, 0.1) is 19.9 Å². The van der Waals surface area contributed by atoms with E-state index in [0.717, 1.165) is 12.8 Å². The lowest BCUT2D eigenvalue weighted by atomic mass is 10.0. The van der Waals surface area contributed by atoms with E-state index >= 15 is 0 Å². The smallest absolute Gasteiger partial charge is 0.360 e. The molecule has 1 atom stereocenters. The molecule has 1 aromatic rings. The van der Waals surface area contributed by atoms with Crippen molar-refractivity contribution in [2.24, 2.45) is 11.8 Å². The Labute approximate surface area is 137 Å². The van der Waals surface area contributed by atoms with Crippen molar-refractivity contribution in [3.63, 3.8) is 0 Å². The Morgan fingerprint density at radius 1 is 1.26 bits per heavy atom. The molecule has 7 heteroatoms. The number of aromatic nitrogens is 3. The van der Waals surface area contributed by atoms with Crippen LogP contribution in [0.1, 0.15) is 57.4 Å². The van der Waals surface area contributed by atoms with Crippen molar-refractivity contribution in [3.8, 4) is 0 Å². The van der Waals surface area contributed by atoms with Crippen molar-refractivity contribution < 1.29 is 14.3 Å². The Morgan fingerprint density at radius 3 is 2.52 bits per heavy atom. The first-order valence-corrected chi connectivity index (χ1v) is 8.09. The second kappa shape index (κ2) is 9.27. The third kappa shape index (κ3) is 7.25. The predicted molar refractivity (Wildman–Crippen MR) is 86.8 cm³/mol. The van der Waals surface area contributed by atoms with Crippen LogP contribution in [0.5, 0.6) is 0 Å². The zero-order valence-corrected chi connectivity index (χ0v) is 14.7. The number of carbonyl (C=O) groups is 2. The Bertz CT molecular complexity index is 511. The molecule has 0 aliphatic heterocycles. The van der Waals surface area contributed by atoms with Gasteiger partial charge in [-0.15, -0.1) is 5.10 Å². The fraction of sp³-hybridized carbons (Fsp3) is 0.750. The molecule has 0 spiro atoms. The van der Waals surface area contributed by atoms with E-state index in [4.69, 9.17) is 0 Å². The molecule has 1 aromatic heterocycles. The summed E-state index contributed by atoms with van der Waals surface area (Å²) in [7, 11) is 1.30. The van der Waals surface area contributed by atoms with Gasteiger partial charge in [-0.1, -0.05) is 32.9 Å². The minimum Gasteiger partial charge on any atom is -0.464 e. The highest BCUT2D eigenvalue weighted by Crippen LogP contribution is 2.09. The highest BCUT2D eigenvalue weighted by atomic mass is 16.5. The standard InChI is InChI=1S/C16H28N4O3/c1-11(2)6-7-15(21)17-13(8-12(3)4)9-20-10-14(18-19-20)16(22)23-5/h10-13H,6-9H2,1-5H3,(H,17,21). The average molecular weight is 324 g/mol. The summed E-state index contributed by atoms with van der Waals surface area (Å²) < 4.78 is 6.18. The monoisotopic (exact) mass is 324 g/mol. The van der Waals surface area contributed by atoms with Gasteiger partial charge in [0.1, 0.15) is 0 Å². The van der Waals surface area contributed by atoms with E-state index in [-0.39, 0.29) is 17.6 Å². The first kappa shape index (κ1) is 19.1. The Balaban J connectivity index is 2.65. The van der Waals surface area contributed by atoms with Gasteiger partial charge in [0.2, 0.25) is 5.91 Å². The summed E-state index contributed by atoms with van der Waals surface area (Å²) in [6, 6.07) is -0.0399. The van der Waals surface area contributed by atoms with Crippen molar-refractivity contribution >= 4 is 11.9 Å². The van der Waals surface area contributed by atoms with Gasteiger partial charge < -0.3 is 10.1 Å². The number of esters is 1. The van der Waals surface area contributed by atoms with Crippen LogP contribution in [-0.2, 0) is 16.1 Å². The molecule has 1 N–H and O–H groups in total. The third-order valence-electron chi connectivity index (χ3n) is 3.41. The minimum atomic E-state index is -0.516. The Kier molecular flexibility index (Phi) is 7.71. The van der Waals surface area contributed by atoms with Gasteiger partial charge in [-0.25, -0.2) is 9.48 Å². The van der Waals surface area contributed by atoms with Crippen molar-refractivity contribution in [2.45, 2.75) is 59.5 Å². The molecule has 1 amide bonds. The molecule has 0 fully saturated rings. The third-order valence-corrected chi connectivity index (χ3v) is 3.41. The number of hydrogen-bond donors (Lipinski definition) is 1. The number of ether oxygens (including phenoxy) is 1. The molecule has 0 aromatic carbocycles. The van der Waals surface area contributed by atoms with Crippen LogP contribution in [0.4, 0.5) is 0 Å². The molecule has 0 saturated carbocycles. The van der Waals surface area contributed by atoms with Crippen LogP contribution in [0, 0.1) is 11.8 Å². The summed E-state index contributed by atoms with van der Waals surface area (Å²) in [5.41, 5.74) is 0.168. The summed E-state index contributed by atoms with van der Waals surface area (Å²) >= 11 is 0. The normalized spacial score (nSPS) is 12.5. The van der Waals surface area contributed by atoms with E-state index < -0.39 is 5.97 Å². The van der Waals surface area contributed by atoms with E-state index in [9.17, 15) is 9.59 Å². The van der Waals surface area contributed by atoms with Crippen LogP contribution in [0.3, 0.4) is 0 Å². The summed E-state index contributed by atoms with van der Waals surface area (Å²) in [6.45, 7) is 8.89. The topological polar surface area (TPSA) is 86.1 Å². The molecule has 130 valence electrons. The van der Waals surface area contributed by atoms with Gasteiger partial charge in [0, 0.05) is 12.5 Å². The molecule has 1 unspecified atom stereocenters. The summed E-state index contributed by atoms with van der Waals surface area (Å²) in [6.07, 6.45) is 3.77. The van der Waals surface area contributed by atoms with Gasteiger partial charge >= 0.3 is 5.97 Å². The van der Waals surface area contributed by atoms with E-state index in [0.29, 0.717) is 24.8 Å². The van der Waals surface area contributed by atoms with Crippen LogP contribution >= 0.6 is 0 Å². The number of nitrogens with zero attached hydrogens (tertiary/aromatic N) is 3. The van der Waals surface area contributed by atoms with Crippen molar-refractivity contribution in [1.29, 1.82) is 0 Å². The Hall–Kier alpha value is -1.92. The summed E-state index contributed by atoms with van der Waals surface area (Å²) in [5, 5.41) is 10.8. The minimum absolute atomic E-state index is 0.0399. The maximum Gasteiger partial charge on any atom is 0.360 e. The van der Waals surface area contributed by atoms with E-state index in [1.165, 1.54) is 7.11 Å². The van der Waals surface area contributed by atoms with E-state index in [2.05, 4.69) is 48.1 Å². The number of nitrogens with one attached hydrogen (secondary N) is 1. The lowest BCUT2D eigenvalue weighted by molar-refractivity contribution is -0.122. The Morgan fingerprint density at radius 2 is 1.96 bits per heavy atom. The highest BCUT2D eigenvalue weighted by molar-refractivity contribution is 5.86. The zero-order chi connectivity index (χ0) is 17.4. The lowest BCUT2D eigenvalue weighted by Crippen LogP contribution is -2.39. The maximum atomic E-state index is 12.1. The molecular formula is C16H28N4O3. The quantitative estimate of drug-likeness (QED) is 0.702. The fourth-order valence-corrected chi connectivity index (χ4v) is 2.28. The molecule has 1 rings (SSSR count). The van der Waals surface area contributed by atoms with Crippen molar-refractivity contribution in [1.82, 2.24) is 20.3 Å². The molecule has 1 heterocycles. The van der Waals surface area contributed by atoms with Gasteiger partial charge in [-0.2, -0.15) is 0 Å². The zero-order valence-electron chi connectivity index (χ0n) is 14.7. The molecule has 0 bridgehead atoms. The molecule has 7 nitrogen and oxygen atoms in total. The molecule has 0 aliphatic rings. The fourth-order valence-electron chi connectivity index (χ4n) is 2.28. The van der Waals surface area contributed by atoms with Crippen LogP contribution in [0.2, 0.25) is 0 Å². The van der Waals surface area contributed by atoms with E-state index in [1.807, 2.05) is 0 Å². The second-order valence-electron chi connectivity index (χ2n) is 6.64. The highest BCUT2D eigenvalue weighted by Gasteiger charge is 2.17. The van der Waals surface area contributed by atoms with Gasteiger partial charge in [-0.05, 0) is 24.7 Å². The summed E-state index contributed by atoms with van der Waals surface area (Å²) in [4.78, 5) is 23.5. The molecule has 0 saturated heterocycles. The van der Waals surface area contributed by atoms with Crippen LogP contribution in [-0.4, -0.2) is 40.0 Å². The average Bonchev–Trinajstić information content (AvgIpc) is 2.92. The number of hydrogen-bond acceptors (Lipinski definition) is 5. The lowest BCUT2D eigenvalue weighted by Gasteiger charge is -2.20. The predicted octanol–water partition coefficient (Wildman–Crippen LogP) is 2.03. The first-order valence-electron chi connectivity index (χ1n) is 8.09. The van der Waals surface area contributed by atoms with Crippen molar-refractivity contribution in [2.75, 3.05) is 7.11 Å².